The van der Waals surface area contributed by atoms with Gasteiger partial charge in [-0.25, -0.2) is 0 Å². The Bertz CT molecular complexity index is 240. The minimum Gasteiger partial charge on any atom is -1.00 e. The van der Waals surface area contributed by atoms with E-state index in [1.54, 1.807) is 0 Å². The fourth-order valence-electron chi connectivity index (χ4n) is 1.55. The van der Waals surface area contributed by atoms with Crippen molar-refractivity contribution in [1.29, 1.82) is 0 Å². The third kappa shape index (κ3) is 15.6. The standard InChI is InChI=1S/C12H25N3O2.HI/c1-15(2,3)10-8-6-4-5-7-9-13-12(16)11-14-17;/h11H,4-10H2,1-3H3,(H-,13,16,17);1H. The van der Waals surface area contributed by atoms with Crippen LogP contribution in [0.25, 0.3) is 0 Å². The predicted octanol–water partition coefficient (Wildman–Crippen LogP) is -1.78. The van der Waals surface area contributed by atoms with Crippen molar-refractivity contribution in [3.63, 3.8) is 0 Å². The first kappa shape index (κ1) is 20.0. The number of nitrogens with zero attached hydrogens (tertiary/aromatic N) is 2. The number of amides is 1. The Kier molecular flexibility index (Phi) is 13.0. The number of hydrogen-bond acceptors (Lipinski definition) is 3. The fraction of sp³-hybridized carbons (Fsp3) is 0.833. The molecular formula is C12H26IN3O2. The average Bonchev–Trinajstić information content (AvgIpc) is 2.21. The molecule has 0 aromatic heterocycles. The van der Waals surface area contributed by atoms with Gasteiger partial charge >= 0.3 is 0 Å². The molecule has 0 fully saturated rings. The molecule has 0 rings (SSSR count). The zero-order valence-electron chi connectivity index (χ0n) is 11.7. The number of halogens is 1. The second-order valence-electron chi connectivity index (χ2n) is 5.32. The minimum atomic E-state index is -0.336. The highest BCUT2D eigenvalue weighted by molar-refractivity contribution is 6.25. The molecule has 0 aliphatic heterocycles. The second-order valence-corrected chi connectivity index (χ2v) is 5.32. The van der Waals surface area contributed by atoms with E-state index in [-0.39, 0.29) is 29.9 Å². The Morgan fingerprint density at radius 1 is 1.17 bits per heavy atom. The maximum absolute atomic E-state index is 10.9. The maximum atomic E-state index is 10.9. The third-order valence-corrected chi connectivity index (χ3v) is 2.48. The van der Waals surface area contributed by atoms with Crippen molar-refractivity contribution < 1.29 is 38.5 Å². The molecule has 108 valence electrons. The van der Waals surface area contributed by atoms with Crippen LogP contribution in [0.4, 0.5) is 0 Å². The lowest BCUT2D eigenvalue weighted by Gasteiger charge is -2.23. The minimum absolute atomic E-state index is 0. The molecule has 0 aromatic rings. The number of nitrogens with one attached hydrogen (secondary N) is 1. The fourth-order valence-corrected chi connectivity index (χ4v) is 1.55. The van der Waals surface area contributed by atoms with Crippen molar-refractivity contribution in [3.05, 3.63) is 0 Å². The van der Waals surface area contributed by atoms with Crippen molar-refractivity contribution in [1.82, 2.24) is 5.32 Å². The van der Waals surface area contributed by atoms with Gasteiger partial charge < -0.3 is 39.0 Å². The summed E-state index contributed by atoms with van der Waals surface area (Å²) in [6, 6.07) is 0. The molecule has 0 radical (unpaired) electrons. The highest BCUT2D eigenvalue weighted by Gasteiger charge is 2.04. The Hall–Kier alpha value is -0.370. The Labute approximate surface area is 127 Å². The molecule has 0 aliphatic carbocycles. The SMILES string of the molecule is C[N+](C)(C)CCCCCCCNC(=O)/C=N/O.[I-]. The van der Waals surface area contributed by atoms with E-state index in [1.165, 1.54) is 25.8 Å². The summed E-state index contributed by atoms with van der Waals surface area (Å²) in [6.45, 7) is 1.86. The predicted molar refractivity (Wildman–Crippen MR) is 69.3 cm³/mol. The van der Waals surface area contributed by atoms with Crippen molar-refractivity contribution in [2.75, 3.05) is 34.2 Å². The van der Waals surface area contributed by atoms with Crippen molar-refractivity contribution in [3.8, 4) is 0 Å². The Balaban J connectivity index is 0. The first-order valence-corrected chi connectivity index (χ1v) is 6.21. The summed E-state index contributed by atoms with van der Waals surface area (Å²) in [5.41, 5.74) is 0. The third-order valence-electron chi connectivity index (χ3n) is 2.48. The summed E-state index contributed by atoms with van der Waals surface area (Å²) in [6.07, 6.45) is 6.71. The van der Waals surface area contributed by atoms with Crippen LogP contribution >= 0.6 is 0 Å². The van der Waals surface area contributed by atoms with Crippen LogP contribution < -0.4 is 29.3 Å². The van der Waals surface area contributed by atoms with E-state index in [2.05, 4.69) is 31.6 Å². The number of carbonyl (C=O) groups is 1. The van der Waals surface area contributed by atoms with Gasteiger partial charge in [-0.05, 0) is 19.3 Å². The number of oxime groups is 1. The van der Waals surface area contributed by atoms with E-state index in [4.69, 9.17) is 5.21 Å². The van der Waals surface area contributed by atoms with Gasteiger partial charge in [0.15, 0.2) is 0 Å². The summed E-state index contributed by atoms with van der Waals surface area (Å²) in [4.78, 5) is 10.9. The van der Waals surface area contributed by atoms with Crippen LogP contribution in [0.2, 0.25) is 0 Å². The molecule has 0 bridgehead atoms. The molecule has 1 amide bonds. The normalized spacial score (nSPS) is 11.3. The quantitative estimate of drug-likeness (QED) is 0.126. The second kappa shape index (κ2) is 11.7. The summed E-state index contributed by atoms with van der Waals surface area (Å²) in [7, 11) is 6.62. The van der Waals surface area contributed by atoms with Crippen LogP contribution in [-0.4, -0.2) is 56.0 Å². The largest absolute Gasteiger partial charge is 1.00 e. The van der Waals surface area contributed by atoms with E-state index in [0.717, 1.165) is 23.5 Å². The van der Waals surface area contributed by atoms with E-state index in [1.807, 2.05) is 0 Å². The molecule has 0 atom stereocenters. The van der Waals surface area contributed by atoms with Crippen LogP contribution in [0, 0.1) is 0 Å². The zero-order valence-corrected chi connectivity index (χ0v) is 13.8. The molecule has 0 heterocycles. The van der Waals surface area contributed by atoms with E-state index >= 15 is 0 Å². The highest BCUT2D eigenvalue weighted by atomic mass is 127. The van der Waals surface area contributed by atoms with Gasteiger partial charge in [0.25, 0.3) is 5.91 Å². The molecule has 0 saturated carbocycles. The first-order chi connectivity index (χ1) is 7.95. The maximum Gasteiger partial charge on any atom is 0.265 e. The number of rotatable bonds is 9. The van der Waals surface area contributed by atoms with E-state index in [0.29, 0.717) is 6.54 Å². The molecule has 0 spiro atoms. The lowest BCUT2D eigenvalue weighted by molar-refractivity contribution is -0.870. The van der Waals surface area contributed by atoms with Gasteiger partial charge in [-0.1, -0.05) is 18.0 Å². The van der Waals surface area contributed by atoms with Crippen molar-refractivity contribution in [2.24, 2.45) is 5.16 Å². The average molecular weight is 371 g/mol. The van der Waals surface area contributed by atoms with Crippen LogP contribution in [0.5, 0.6) is 0 Å². The van der Waals surface area contributed by atoms with Gasteiger partial charge in [0.05, 0.1) is 27.7 Å². The molecule has 0 aromatic carbocycles. The Morgan fingerprint density at radius 2 is 1.72 bits per heavy atom. The number of quaternary nitrogens is 1. The van der Waals surface area contributed by atoms with Crippen LogP contribution in [0.15, 0.2) is 5.16 Å². The van der Waals surface area contributed by atoms with E-state index in [9.17, 15) is 4.79 Å². The first-order valence-electron chi connectivity index (χ1n) is 6.21. The number of hydrogen-bond donors (Lipinski definition) is 2. The van der Waals surface area contributed by atoms with Crippen molar-refractivity contribution in [2.45, 2.75) is 32.1 Å². The summed E-state index contributed by atoms with van der Waals surface area (Å²) in [5, 5.41) is 13.4. The lowest BCUT2D eigenvalue weighted by atomic mass is 10.1. The molecule has 2 N–H and O–H groups in total. The lowest BCUT2D eigenvalue weighted by Crippen LogP contribution is -3.00. The monoisotopic (exact) mass is 371 g/mol. The van der Waals surface area contributed by atoms with E-state index < -0.39 is 0 Å². The van der Waals surface area contributed by atoms with Gasteiger partial charge in [0.2, 0.25) is 0 Å². The Morgan fingerprint density at radius 3 is 2.28 bits per heavy atom. The van der Waals surface area contributed by atoms with Gasteiger partial charge in [-0.2, -0.15) is 0 Å². The summed E-state index contributed by atoms with van der Waals surface area (Å²) >= 11 is 0. The molecule has 6 heteroatoms. The van der Waals surface area contributed by atoms with Gasteiger partial charge in [-0.15, -0.1) is 0 Å². The molecule has 0 aliphatic rings. The topological polar surface area (TPSA) is 61.7 Å². The van der Waals surface area contributed by atoms with Crippen LogP contribution in [0.1, 0.15) is 32.1 Å². The molecule has 0 unspecified atom stereocenters. The van der Waals surface area contributed by atoms with Crippen LogP contribution in [0.3, 0.4) is 0 Å². The van der Waals surface area contributed by atoms with Gasteiger partial charge in [-0.3, -0.25) is 4.79 Å². The van der Waals surface area contributed by atoms with Gasteiger partial charge in [0, 0.05) is 6.54 Å². The zero-order chi connectivity index (χ0) is 13.1. The molecule has 18 heavy (non-hydrogen) atoms. The highest BCUT2D eigenvalue weighted by Crippen LogP contribution is 2.04. The molecular weight excluding hydrogens is 345 g/mol. The van der Waals surface area contributed by atoms with Gasteiger partial charge in [0.1, 0.15) is 6.21 Å². The van der Waals surface area contributed by atoms with Crippen LogP contribution in [-0.2, 0) is 4.79 Å². The molecule has 5 nitrogen and oxygen atoms in total. The summed E-state index contributed by atoms with van der Waals surface area (Å²) in [5.74, 6) is -0.336. The molecule has 0 saturated heterocycles. The number of unbranched alkanes of at least 4 members (excludes halogenated alkanes) is 4. The van der Waals surface area contributed by atoms with Crippen molar-refractivity contribution >= 4 is 12.1 Å². The summed E-state index contributed by atoms with van der Waals surface area (Å²) < 4.78 is 1.02. The smallest absolute Gasteiger partial charge is 0.265 e. The number of carbonyl (C=O) groups excluding carboxylic acids is 1.